The van der Waals surface area contributed by atoms with Gasteiger partial charge in [0.25, 0.3) is 0 Å². The van der Waals surface area contributed by atoms with Crippen LogP contribution >= 0.6 is 0 Å². The van der Waals surface area contributed by atoms with Crippen LogP contribution < -0.4 is 14.8 Å². The number of primary sulfonamides is 1. The lowest BCUT2D eigenvalue weighted by Gasteiger charge is -2.20. The second-order valence-electron chi connectivity index (χ2n) is 4.72. The number of nitrogens with two attached hydrogens (primary N) is 1. The van der Waals surface area contributed by atoms with E-state index in [2.05, 4.69) is 0 Å². The van der Waals surface area contributed by atoms with Crippen molar-refractivity contribution in [3.8, 4) is 5.75 Å². The van der Waals surface area contributed by atoms with Crippen LogP contribution in [-0.2, 0) is 16.6 Å². The molecule has 0 aliphatic rings. The van der Waals surface area contributed by atoms with E-state index >= 15 is 0 Å². The van der Waals surface area contributed by atoms with Crippen molar-refractivity contribution in [3.05, 3.63) is 54.1 Å². The molecule has 5 nitrogen and oxygen atoms in total. The molecular weight excluding hydrogens is 288 g/mol. The molecule has 2 N–H and O–H groups in total. The fourth-order valence-electron chi connectivity index (χ4n) is 2.09. The average molecular weight is 306 g/mol. The average Bonchev–Trinajstić information content (AvgIpc) is 2.47. The summed E-state index contributed by atoms with van der Waals surface area (Å²) in [6.45, 7) is 0.566. The summed E-state index contributed by atoms with van der Waals surface area (Å²) in [6, 6.07) is 14.8. The zero-order valence-electron chi connectivity index (χ0n) is 12.0. The molecule has 112 valence electrons. The van der Waals surface area contributed by atoms with Crippen LogP contribution in [0.3, 0.4) is 0 Å². The monoisotopic (exact) mass is 306 g/mol. The van der Waals surface area contributed by atoms with Gasteiger partial charge in [-0.25, -0.2) is 13.6 Å². The Hall–Kier alpha value is -2.05. The van der Waals surface area contributed by atoms with Gasteiger partial charge in [0, 0.05) is 19.3 Å². The van der Waals surface area contributed by atoms with Crippen molar-refractivity contribution in [1.82, 2.24) is 0 Å². The van der Waals surface area contributed by atoms with E-state index in [4.69, 9.17) is 9.88 Å². The van der Waals surface area contributed by atoms with Crippen LogP contribution in [0, 0.1) is 0 Å². The Morgan fingerprint density at radius 1 is 1.14 bits per heavy atom. The highest BCUT2D eigenvalue weighted by Crippen LogP contribution is 2.25. The third-order valence-corrected chi connectivity index (χ3v) is 4.08. The van der Waals surface area contributed by atoms with Crippen LogP contribution in [0.15, 0.2) is 53.4 Å². The summed E-state index contributed by atoms with van der Waals surface area (Å²) in [5.74, 6) is 0.253. The van der Waals surface area contributed by atoms with Gasteiger partial charge in [-0.15, -0.1) is 0 Å². The molecule has 0 atom stereocenters. The lowest BCUT2D eigenvalue weighted by atomic mass is 10.2. The molecular formula is C15H18N2O3S. The zero-order valence-corrected chi connectivity index (χ0v) is 12.8. The summed E-state index contributed by atoms with van der Waals surface area (Å²) >= 11 is 0. The standard InChI is InChI=1S/C15H18N2O3S/c1-17(13-6-4-3-5-7-13)11-12-8-9-14(20-2)15(10-12)21(16,18)19/h3-10H,11H2,1-2H3,(H2,16,18,19). The van der Waals surface area contributed by atoms with E-state index in [0.717, 1.165) is 11.3 Å². The second-order valence-corrected chi connectivity index (χ2v) is 6.25. The molecule has 0 spiro atoms. The van der Waals surface area contributed by atoms with E-state index in [-0.39, 0.29) is 10.6 Å². The van der Waals surface area contributed by atoms with Gasteiger partial charge in [0.1, 0.15) is 10.6 Å². The van der Waals surface area contributed by atoms with Crippen LogP contribution in [0.1, 0.15) is 5.56 Å². The van der Waals surface area contributed by atoms with E-state index in [1.807, 2.05) is 48.3 Å². The molecule has 6 heteroatoms. The second kappa shape index (κ2) is 6.15. The number of rotatable bonds is 5. The van der Waals surface area contributed by atoms with E-state index < -0.39 is 10.0 Å². The number of anilines is 1. The number of hydrogen-bond acceptors (Lipinski definition) is 4. The summed E-state index contributed by atoms with van der Waals surface area (Å²) in [5.41, 5.74) is 1.89. The van der Waals surface area contributed by atoms with Gasteiger partial charge in [-0.1, -0.05) is 24.3 Å². The van der Waals surface area contributed by atoms with Crippen LogP contribution in [0.25, 0.3) is 0 Å². The zero-order chi connectivity index (χ0) is 15.5. The fraction of sp³-hybridized carbons (Fsp3) is 0.200. The first-order valence-electron chi connectivity index (χ1n) is 6.37. The van der Waals surface area contributed by atoms with Crippen LogP contribution in [0.5, 0.6) is 5.75 Å². The van der Waals surface area contributed by atoms with Gasteiger partial charge in [0.15, 0.2) is 0 Å². The normalized spacial score (nSPS) is 11.2. The molecule has 2 aromatic rings. The van der Waals surface area contributed by atoms with E-state index in [1.165, 1.54) is 7.11 Å². The van der Waals surface area contributed by atoms with Crippen molar-refractivity contribution in [2.24, 2.45) is 5.14 Å². The highest BCUT2D eigenvalue weighted by atomic mass is 32.2. The molecule has 21 heavy (non-hydrogen) atoms. The maximum atomic E-state index is 11.6. The van der Waals surface area contributed by atoms with Crippen molar-refractivity contribution in [3.63, 3.8) is 0 Å². The van der Waals surface area contributed by atoms with Crippen molar-refractivity contribution in [2.45, 2.75) is 11.4 Å². The molecule has 0 amide bonds. The number of nitrogens with zero attached hydrogens (tertiary/aromatic N) is 1. The number of ether oxygens (including phenoxy) is 1. The van der Waals surface area contributed by atoms with Gasteiger partial charge in [0.2, 0.25) is 10.0 Å². The third-order valence-electron chi connectivity index (χ3n) is 3.15. The predicted molar refractivity (Wildman–Crippen MR) is 82.9 cm³/mol. The van der Waals surface area contributed by atoms with Crippen molar-refractivity contribution in [2.75, 3.05) is 19.1 Å². The minimum atomic E-state index is -3.81. The molecule has 0 fully saturated rings. The van der Waals surface area contributed by atoms with Crippen molar-refractivity contribution < 1.29 is 13.2 Å². The summed E-state index contributed by atoms with van der Waals surface area (Å²) in [5, 5.41) is 5.22. The summed E-state index contributed by atoms with van der Waals surface area (Å²) in [6.07, 6.45) is 0. The number of benzene rings is 2. The number of methoxy groups -OCH3 is 1. The highest BCUT2D eigenvalue weighted by molar-refractivity contribution is 7.89. The maximum Gasteiger partial charge on any atom is 0.241 e. The summed E-state index contributed by atoms with van der Waals surface area (Å²) in [4.78, 5) is 2.03. The molecule has 0 radical (unpaired) electrons. The molecule has 0 saturated carbocycles. The van der Waals surface area contributed by atoms with Gasteiger partial charge in [-0.05, 0) is 29.8 Å². The third kappa shape index (κ3) is 3.74. The van der Waals surface area contributed by atoms with Gasteiger partial charge >= 0.3 is 0 Å². The lowest BCUT2D eigenvalue weighted by Crippen LogP contribution is -2.18. The SMILES string of the molecule is COc1ccc(CN(C)c2ccccc2)cc1S(N)(=O)=O. The minimum absolute atomic E-state index is 0.00367. The van der Waals surface area contributed by atoms with Crippen LogP contribution in [0.4, 0.5) is 5.69 Å². The Morgan fingerprint density at radius 3 is 2.38 bits per heavy atom. The molecule has 2 rings (SSSR count). The number of para-hydroxylation sites is 1. The lowest BCUT2D eigenvalue weighted by molar-refractivity contribution is 0.402. The van der Waals surface area contributed by atoms with Crippen molar-refractivity contribution >= 4 is 15.7 Å². The molecule has 0 heterocycles. The van der Waals surface area contributed by atoms with Gasteiger partial charge in [-0.3, -0.25) is 0 Å². The Kier molecular flexibility index (Phi) is 4.50. The Bertz CT molecular complexity index is 715. The van der Waals surface area contributed by atoms with E-state index in [9.17, 15) is 8.42 Å². The molecule has 0 aliphatic carbocycles. The van der Waals surface area contributed by atoms with Gasteiger partial charge < -0.3 is 9.64 Å². The predicted octanol–water partition coefficient (Wildman–Crippen LogP) is 1.98. The Morgan fingerprint density at radius 2 is 1.81 bits per heavy atom. The molecule has 0 saturated heterocycles. The number of hydrogen-bond donors (Lipinski definition) is 1. The fourth-order valence-corrected chi connectivity index (χ4v) is 2.84. The first kappa shape index (κ1) is 15.3. The quantitative estimate of drug-likeness (QED) is 0.917. The highest BCUT2D eigenvalue weighted by Gasteiger charge is 2.16. The molecule has 2 aromatic carbocycles. The summed E-state index contributed by atoms with van der Waals surface area (Å²) in [7, 11) is -0.455. The van der Waals surface area contributed by atoms with Crippen LogP contribution in [-0.4, -0.2) is 22.6 Å². The topological polar surface area (TPSA) is 72.6 Å². The Labute approximate surface area is 125 Å². The summed E-state index contributed by atoms with van der Waals surface area (Å²) < 4.78 is 28.3. The van der Waals surface area contributed by atoms with Gasteiger partial charge in [-0.2, -0.15) is 0 Å². The maximum absolute atomic E-state index is 11.6. The van der Waals surface area contributed by atoms with E-state index in [0.29, 0.717) is 6.54 Å². The van der Waals surface area contributed by atoms with E-state index in [1.54, 1.807) is 12.1 Å². The Balaban J connectivity index is 2.30. The van der Waals surface area contributed by atoms with Gasteiger partial charge in [0.05, 0.1) is 7.11 Å². The largest absolute Gasteiger partial charge is 0.495 e. The smallest absolute Gasteiger partial charge is 0.241 e. The van der Waals surface area contributed by atoms with Crippen LogP contribution in [0.2, 0.25) is 0 Å². The van der Waals surface area contributed by atoms with Crippen molar-refractivity contribution in [1.29, 1.82) is 0 Å². The minimum Gasteiger partial charge on any atom is -0.495 e. The number of sulfonamides is 1. The molecule has 0 aromatic heterocycles. The molecule has 0 unspecified atom stereocenters. The molecule has 0 bridgehead atoms. The first-order valence-corrected chi connectivity index (χ1v) is 7.92. The first-order chi connectivity index (χ1) is 9.91. The molecule has 0 aliphatic heterocycles.